The molecule has 0 spiro atoms. The summed E-state index contributed by atoms with van der Waals surface area (Å²) in [5.41, 5.74) is 2.36. The smallest absolute Gasteiger partial charge is 0.243 e. The molecule has 0 atom stereocenters. The van der Waals surface area contributed by atoms with E-state index in [4.69, 9.17) is 0 Å². The van der Waals surface area contributed by atoms with Crippen LogP contribution in [0.4, 0.5) is 0 Å². The van der Waals surface area contributed by atoms with Crippen molar-refractivity contribution in [1.82, 2.24) is 20.5 Å². The van der Waals surface area contributed by atoms with Crippen LogP contribution in [0.25, 0.3) is 10.9 Å². The lowest BCUT2D eigenvalue weighted by atomic mass is 9.96. The number of aromatic nitrogens is 1. The van der Waals surface area contributed by atoms with Crippen molar-refractivity contribution >= 4 is 46.7 Å². The molecule has 0 radical (unpaired) electrons. The molecule has 3 N–H and O–H groups in total. The number of fused-ring (bicyclic) bond motifs is 1. The lowest BCUT2D eigenvalue weighted by Crippen LogP contribution is -2.45. The Labute approximate surface area is 184 Å². The van der Waals surface area contributed by atoms with Crippen LogP contribution in [0, 0.1) is 0 Å². The number of benzene rings is 1. The van der Waals surface area contributed by atoms with Gasteiger partial charge in [-0.1, -0.05) is 37.5 Å². The minimum absolute atomic E-state index is 0. The van der Waals surface area contributed by atoms with Crippen molar-refractivity contribution in [3.63, 3.8) is 0 Å². The van der Waals surface area contributed by atoms with E-state index in [9.17, 15) is 4.79 Å². The van der Waals surface area contributed by atoms with Gasteiger partial charge in [-0.05, 0) is 30.4 Å². The second-order valence-electron chi connectivity index (χ2n) is 7.49. The Morgan fingerprint density at radius 1 is 1.21 bits per heavy atom. The van der Waals surface area contributed by atoms with Crippen LogP contribution in [0.15, 0.2) is 35.3 Å². The van der Waals surface area contributed by atoms with Crippen molar-refractivity contribution in [3.05, 3.63) is 36.0 Å². The Balaban J connectivity index is 0.00000280. The molecule has 3 rings (SSSR count). The normalized spacial score (nSPS) is 15.1. The third kappa shape index (κ3) is 6.68. The zero-order valence-electron chi connectivity index (χ0n) is 16.8. The predicted molar refractivity (Wildman–Crippen MR) is 126 cm³/mol. The summed E-state index contributed by atoms with van der Waals surface area (Å²) in [6.45, 7) is 0.934. The third-order valence-corrected chi connectivity index (χ3v) is 5.09. The predicted octanol–water partition coefficient (Wildman–Crippen LogP) is 3.28. The number of carbonyl (C=O) groups is 1. The largest absolute Gasteiger partial charge is 0.358 e. The fourth-order valence-electron chi connectivity index (χ4n) is 3.46. The number of carbonyl (C=O) groups excluding carboxylic acids is 1. The molecule has 0 saturated heterocycles. The second kappa shape index (κ2) is 11.3. The Hall–Kier alpha value is -1.77. The van der Waals surface area contributed by atoms with Crippen LogP contribution in [0.1, 0.15) is 37.8 Å². The van der Waals surface area contributed by atoms with E-state index in [2.05, 4.69) is 44.9 Å². The van der Waals surface area contributed by atoms with E-state index < -0.39 is 0 Å². The van der Waals surface area contributed by atoms with Gasteiger partial charge in [0.05, 0.1) is 0 Å². The van der Waals surface area contributed by atoms with Gasteiger partial charge in [-0.15, -0.1) is 24.0 Å². The van der Waals surface area contributed by atoms with Gasteiger partial charge < -0.3 is 20.5 Å². The number of halogens is 1. The van der Waals surface area contributed by atoms with Crippen molar-refractivity contribution in [2.24, 2.45) is 4.99 Å². The Morgan fingerprint density at radius 3 is 2.68 bits per heavy atom. The average Bonchev–Trinajstić information content (AvgIpc) is 3.09. The number of H-pyrrole nitrogens is 1. The summed E-state index contributed by atoms with van der Waals surface area (Å²) in [6, 6.07) is 11.0. The first-order valence-electron chi connectivity index (χ1n) is 9.93. The molecule has 1 fully saturated rings. The van der Waals surface area contributed by atoms with Crippen LogP contribution >= 0.6 is 24.0 Å². The molecular weight excluding hydrogens is 465 g/mol. The molecule has 1 aliphatic rings. The summed E-state index contributed by atoms with van der Waals surface area (Å²) < 4.78 is 0. The first-order valence-corrected chi connectivity index (χ1v) is 9.93. The molecule has 1 amide bonds. The van der Waals surface area contributed by atoms with E-state index in [1.54, 1.807) is 19.0 Å². The van der Waals surface area contributed by atoms with Crippen molar-refractivity contribution in [1.29, 1.82) is 0 Å². The molecule has 154 valence electrons. The maximum atomic E-state index is 11.9. The van der Waals surface area contributed by atoms with E-state index in [1.807, 2.05) is 6.07 Å². The standard InChI is InChI=1S/C21H31N5O.HI/c1-26(2)20(27)15-23-21(25-17-9-4-3-5-10-17)22-13-12-18-14-16-8-6-7-11-19(16)24-18;/h6-8,11,14,17,24H,3-5,9-10,12-13,15H2,1-2H3,(H2,22,23,25);1H. The van der Waals surface area contributed by atoms with Crippen LogP contribution in [-0.4, -0.2) is 55.0 Å². The quantitative estimate of drug-likeness (QED) is 0.326. The second-order valence-corrected chi connectivity index (χ2v) is 7.49. The summed E-state index contributed by atoms with van der Waals surface area (Å²) in [4.78, 5) is 21.4. The van der Waals surface area contributed by atoms with Crippen molar-refractivity contribution in [2.75, 3.05) is 27.2 Å². The van der Waals surface area contributed by atoms with Gasteiger partial charge in [0.15, 0.2) is 5.96 Å². The SMILES string of the molecule is CN(C)C(=O)CN=C(NCCc1cc2ccccc2[nH]1)NC1CCCCC1.I. The zero-order chi connectivity index (χ0) is 19.1. The lowest BCUT2D eigenvalue weighted by Gasteiger charge is -2.25. The average molecular weight is 497 g/mol. The van der Waals surface area contributed by atoms with Gasteiger partial charge in [0.2, 0.25) is 5.91 Å². The topological polar surface area (TPSA) is 72.5 Å². The molecule has 6 nitrogen and oxygen atoms in total. The first kappa shape index (κ1) is 22.5. The number of aromatic amines is 1. The van der Waals surface area contributed by atoms with Gasteiger partial charge in [-0.3, -0.25) is 4.79 Å². The highest BCUT2D eigenvalue weighted by Crippen LogP contribution is 2.17. The van der Waals surface area contributed by atoms with E-state index in [1.165, 1.54) is 48.7 Å². The van der Waals surface area contributed by atoms with E-state index in [0.29, 0.717) is 6.04 Å². The van der Waals surface area contributed by atoms with E-state index in [-0.39, 0.29) is 36.4 Å². The molecule has 0 bridgehead atoms. The van der Waals surface area contributed by atoms with Gasteiger partial charge in [-0.2, -0.15) is 0 Å². The summed E-state index contributed by atoms with van der Waals surface area (Å²) >= 11 is 0. The van der Waals surface area contributed by atoms with Gasteiger partial charge in [0.1, 0.15) is 6.54 Å². The number of para-hydroxylation sites is 1. The summed E-state index contributed by atoms with van der Waals surface area (Å²) in [6.07, 6.45) is 7.06. The number of hydrogen-bond acceptors (Lipinski definition) is 2. The summed E-state index contributed by atoms with van der Waals surface area (Å²) in [5.74, 6) is 0.753. The molecule has 0 aliphatic heterocycles. The molecule has 1 aliphatic carbocycles. The number of nitrogens with one attached hydrogen (secondary N) is 3. The highest BCUT2D eigenvalue weighted by molar-refractivity contribution is 14.0. The highest BCUT2D eigenvalue weighted by Gasteiger charge is 2.15. The minimum atomic E-state index is 0. The van der Waals surface area contributed by atoms with Crippen molar-refractivity contribution in [3.8, 4) is 0 Å². The monoisotopic (exact) mass is 497 g/mol. The van der Waals surface area contributed by atoms with Crippen LogP contribution in [0.3, 0.4) is 0 Å². The molecule has 1 heterocycles. The number of rotatable bonds is 6. The summed E-state index contributed by atoms with van der Waals surface area (Å²) in [5, 5.41) is 8.16. The number of hydrogen-bond donors (Lipinski definition) is 3. The van der Waals surface area contributed by atoms with Crippen LogP contribution < -0.4 is 10.6 Å². The fourth-order valence-corrected chi connectivity index (χ4v) is 3.46. The Kier molecular flexibility index (Phi) is 9.08. The minimum Gasteiger partial charge on any atom is -0.358 e. The fraction of sp³-hybridized carbons (Fsp3) is 0.524. The number of amides is 1. The first-order chi connectivity index (χ1) is 13.1. The number of likely N-dealkylation sites (N-methyl/N-ethyl adjacent to an activating group) is 1. The Bertz CT molecular complexity index is 747. The third-order valence-electron chi connectivity index (χ3n) is 5.09. The molecule has 1 aromatic heterocycles. The van der Waals surface area contributed by atoms with E-state index in [0.717, 1.165) is 18.9 Å². The molecule has 0 unspecified atom stereocenters. The molecule has 2 aromatic rings. The van der Waals surface area contributed by atoms with Gasteiger partial charge in [0.25, 0.3) is 0 Å². The maximum Gasteiger partial charge on any atom is 0.243 e. The maximum absolute atomic E-state index is 11.9. The number of guanidine groups is 1. The molecule has 7 heteroatoms. The van der Waals surface area contributed by atoms with Crippen molar-refractivity contribution in [2.45, 2.75) is 44.6 Å². The molecule has 1 aromatic carbocycles. The zero-order valence-corrected chi connectivity index (χ0v) is 19.2. The molecular formula is C21H32IN5O. The summed E-state index contributed by atoms with van der Waals surface area (Å²) in [7, 11) is 3.52. The van der Waals surface area contributed by atoms with Gasteiger partial charge in [0, 0.05) is 44.3 Å². The number of nitrogens with zero attached hydrogens (tertiary/aromatic N) is 2. The molecule has 28 heavy (non-hydrogen) atoms. The van der Waals surface area contributed by atoms with Crippen LogP contribution in [-0.2, 0) is 11.2 Å². The lowest BCUT2D eigenvalue weighted by molar-refractivity contribution is -0.127. The highest BCUT2D eigenvalue weighted by atomic mass is 127. The van der Waals surface area contributed by atoms with E-state index >= 15 is 0 Å². The Morgan fingerprint density at radius 2 is 1.96 bits per heavy atom. The molecule has 1 saturated carbocycles. The van der Waals surface area contributed by atoms with Crippen molar-refractivity contribution < 1.29 is 4.79 Å². The van der Waals surface area contributed by atoms with Gasteiger partial charge >= 0.3 is 0 Å². The van der Waals surface area contributed by atoms with Crippen LogP contribution in [0.5, 0.6) is 0 Å². The van der Waals surface area contributed by atoms with Crippen LogP contribution in [0.2, 0.25) is 0 Å². The number of aliphatic imine (C=N–C) groups is 1. The van der Waals surface area contributed by atoms with Gasteiger partial charge in [-0.25, -0.2) is 4.99 Å².